The predicted octanol–water partition coefficient (Wildman–Crippen LogP) is 2.53. The Morgan fingerprint density at radius 2 is 2.00 bits per heavy atom. The minimum Gasteiger partial charge on any atom is -0.314 e. The van der Waals surface area contributed by atoms with Crippen LogP contribution in [0, 0.1) is 0 Å². The molecule has 1 aliphatic heterocycles. The standard InChI is InChI=1S/C14H21N5S/c1-2-5-10(6-3-1)13-16-17-14-19(13)18-12(20-14)9-11-7-4-8-15-11/h10-11,15H,1-9H2. The van der Waals surface area contributed by atoms with Crippen LogP contribution in [0.2, 0.25) is 0 Å². The number of nitrogens with one attached hydrogen (secondary N) is 1. The van der Waals surface area contributed by atoms with Crippen LogP contribution in [0.3, 0.4) is 0 Å². The first-order valence-corrected chi connectivity index (χ1v) is 8.66. The molecular weight excluding hydrogens is 270 g/mol. The summed E-state index contributed by atoms with van der Waals surface area (Å²) >= 11 is 1.71. The molecule has 2 aliphatic rings. The Kier molecular flexibility index (Phi) is 3.44. The second-order valence-electron chi connectivity index (χ2n) is 6.08. The van der Waals surface area contributed by atoms with E-state index in [2.05, 4.69) is 15.5 Å². The summed E-state index contributed by atoms with van der Waals surface area (Å²) in [6.07, 6.45) is 10.1. The fourth-order valence-corrected chi connectivity index (χ4v) is 4.43. The zero-order chi connectivity index (χ0) is 13.4. The molecule has 2 aromatic rings. The molecule has 1 saturated carbocycles. The molecule has 6 heteroatoms. The highest BCUT2D eigenvalue weighted by molar-refractivity contribution is 7.16. The van der Waals surface area contributed by atoms with Crippen LogP contribution in [-0.4, -0.2) is 32.4 Å². The molecule has 0 amide bonds. The maximum absolute atomic E-state index is 4.78. The number of rotatable bonds is 3. The Hall–Kier alpha value is -1.01. The van der Waals surface area contributed by atoms with Crippen molar-refractivity contribution in [1.29, 1.82) is 0 Å². The Balaban J connectivity index is 1.57. The summed E-state index contributed by atoms with van der Waals surface area (Å²) in [7, 11) is 0. The van der Waals surface area contributed by atoms with Crippen LogP contribution >= 0.6 is 11.3 Å². The summed E-state index contributed by atoms with van der Waals surface area (Å²) < 4.78 is 2.02. The third-order valence-corrected chi connectivity index (χ3v) is 5.53. The SMILES string of the molecule is C1CCC(c2nnc3sc(CC4CCCN4)nn23)CC1. The van der Waals surface area contributed by atoms with Gasteiger partial charge < -0.3 is 5.32 Å². The fraction of sp³-hybridized carbons (Fsp3) is 0.786. The molecule has 0 bridgehead atoms. The average Bonchev–Trinajstić information content (AvgIpc) is 3.17. The molecule has 5 nitrogen and oxygen atoms in total. The molecular formula is C14H21N5S. The van der Waals surface area contributed by atoms with Crippen molar-refractivity contribution in [3.05, 3.63) is 10.8 Å². The zero-order valence-electron chi connectivity index (χ0n) is 11.7. The molecule has 2 fully saturated rings. The molecule has 0 radical (unpaired) electrons. The number of hydrogen-bond acceptors (Lipinski definition) is 5. The van der Waals surface area contributed by atoms with Crippen molar-refractivity contribution in [1.82, 2.24) is 25.1 Å². The average molecular weight is 291 g/mol. The van der Waals surface area contributed by atoms with E-state index in [0.717, 1.165) is 23.8 Å². The van der Waals surface area contributed by atoms with Crippen molar-refractivity contribution < 1.29 is 0 Å². The second kappa shape index (κ2) is 5.41. The fourth-order valence-electron chi connectivity index (χ4n) is 3.51. The molecule has 1 unspecified atom stereocenters. The molecule has 4 rings (SSSR count). The molecule has 20 heavy (non-hydrogen) atoms. The summed E-state index contributed by atoms with van der Waals surface area (Å²) in [5.74, 6) is 1.67. The van der Waals surface area contributed by atoms with Gasteiger partial charge >= 0.3 is 0 Å². The van der Waals surface area contributed by atoms with E-state index in [4.69, 9.17) is 5.10 Å². The minimum atomic E-state index is 0.568. The largest absolute Gasteiger partial charge is 0.314 e. The van der Waals surface area contributed by atoms with E-state index in [0.29, 0.717) is 12.0 Å². The van der Waals surface area contributed by atoms with E-state index in [-0.39, 0.29) is 0 Å². The van der Waals surface area contributed by atoms with Gasteiger partial charge in [0.25, 0.3) is 0 Å². The van der Waals surface area contributed by atoms with Gasteiger partial charge in [0.2, 0.25) is 4.96 Å². The first-order chi connectivity index (χ1) is 9.90. The summed E-state index contributed by atoms with van der Waals surface area (Å²) in [6, 6.07) is 0.608. The van der Waals surface area contributed by atoms with Crippen LogP contribution in [0.1, 0.15) is 61.7 Å². The molecule has 1 aliphatic carbocycles. The maximum atomic E-state index is 4.78. The van der Waals surface area contributed by atoms with Gasteiger partial charge in [-0.2, -0.15) is 9.61 Å². The van der Waals surface area contributed by atoms with Crippen molar-refractivity contribution in [2.45, 2.75) is 63.3 Å². The Labute approximate surface area is 122 Å². The normalized spacial score (nSPS) is 24.7. The molecule has 108 valence electrons. The smallest absolute Gasteiger partial charge is 0.234 e. The number of hydrogen-bond donors (Lipinski definition) is 1. The van der Waals surface area contributed by atoms with Gasteiger partial charge in [-0.3, -0.25) is 0 Å². The molecule has 1 saturated heterocycles. The number of fused-ring (bicyclic) bond motifs is 1. The summed E-state index contributed by atoms with van der Waals surface area (Å²) in [5, 5.41) is 18.3. The molecule has 1 atom stereocenters. The van der Waals surface area contributed by atoms with Crippen LogP contribution < -0.4 is 5.32 Å². The molecule has 1 N–H and O–H groups in total. The lowest BCUT2D eigenvalue weighted by Gasteiger charge is -2.18. The summed E-state index contributed by atoms with van der Waals surface area (Å²) in [4.78, 5) is 0.971. The van der Waals surface area contributed by atoms with Gasteiger partial charge in [0.05, 0.1) is 0 Å². The van der Waals surface area contributed by atoms with Gasteiger partial charge in [0.1, 0.15) is 5.01 Å². The van der Waals surface area contributed by atoms with Gasteiger partial charge in [-0.25, -0.2) is 0 Å². The second-order valence-corrected chi connectivity index (χ2v) is 7.12. The van der Waals surface area contributed by atoms with Crippen molar-refractivity contribution in [2.24, 2.45) is 0 Å². The van der Waals surface area contributed by atoms with Gasteiger partial charge in [-0.1, -0.05) is 30.6 Å². The molecule has 2 aromatic heterocycles. The van der Waals surface area contributed by atoms with Crippen molar-refractivity contribution in [2.75, 3.05) is 6.54 Å². The van der Waals surface area contributed by atoms with Crippen LogP contribution in [0.5, 0.6) is 0 Å². The van der Waals surface area contributed by atoms with Crippen LogP contribution in [0.25, 0.3) is 4.96 Å². The lowest BCUT2D eigenvalue weighted by atomic mass is 9.89. The van der Waals surface area contributed by atoms with E-state index in [1.54, 1.807) is 11.3 Å². The number of aromatic nitrogens is 4. The van der Waals surface area contributed by atoms with E-state index >= 15 is 0 Å². The lowest BCUT2D eigenvalue weighted by Crippen LogP contribution is -2.23. The van der Waals surface area contributed by atoms with Gasteiger partial charge in [0.15, 0.2) is 5.82 Å². The quantitative estimate of drug-likeness (QED) is 0.944. The van der Waals surface area contributed by atoms with Crippen LogP contribution in [-0.2, 0) is 6.42 Å². The van der Waals surface area contributed by atoms with E-state index < -0.39 is 0 Å². The predicted molar refractivity (Wildman–Crippen MR) is 79.2 cm³/mol. The molecule has 3 heterocycles. The lowest BCUT2D eigenvalue weighted by molar-refractivity contribution is 0.422. The Morgan fingerprint density at radius 3 is 2.80 bits per heavy atom. The third kappa shape index (κ3) is 2.35. The van der Waals surface area contributed by atoms with E-state index in [1.807, 2.05) is 4.52 Å². The summed E-state index contributed by atoms with van der Waals surface area (Å²) in [6.45, 7) is 1.15. The molecule has 0 aromatic carbocycles. The highest BCUT2D eigenvalue weighted by atomic mass is 32.1. The van der Waals surface area contributed by atoms with Crippen LogP contribution in [0.15, 0.2) is 0 Å². The zero-order valence-corrected chi connectivity index (χ0v) is 12.5. The van der Waals surface area contributed by atoms with E-state index in [1.165, 1.54) is 50.0 Å². The Bertz CT molecular complexity index is 577. The first kappa shape index (κ1) is 12.7. The van der Waals surface area contributed by atoms with Gasteiger partial charge in [-0.05, 0) is 32.2 Å². The minimum absolute atomic E-state index is 0.568. The topological polar surface area (TPSA) is 55.1 Å². The highest BCUT2D eigenvalue weighted by Gasteiger charge is 2.23. The first-order valence-electron chi connectivity index (χ1n) is 7.84. The van der Waals surface area contributed by atoms with Crippen molar-refractivity contribution >= 4 is 16.3 Å². The monoisotopic (exact) mass is 291 g/mol. The summed E-state index contributed by atoms with van der Waals surface area (Å²) in [5.41, 5.74) is 0. The van der Waals surface area contributed by atoms with Crippen LogP contribution in [0.4, 0.5) is 0 Å². The van der Waals surface area contributed by atoms with Crippen molar-refractivity contribution in [3.63, 3.8) is 0 Å². The van der Waals surface area contributed by atoms with Crippen molar-refractivity contribution in [3.8, 4) is 0 Å². The van der Waals surface area contributed by atoms with Gasteiger partial charge in [0, 0.05) is 18.4 Å². The maximum Gasteiger partial charge on any atom is 0.234 e. The van der Waals surface area contributed by atoms with E-state index in [9.17, 15) is 0 Å². The number of nitrogens with zero attached hydrogens (tertiary/aromatic N) is 4. The molecule has 0 spiro atoms. The van der Waals surface area contributed by atoms with Gasteiger partial charge in [-0.15, -0.1) is 10.2 Å². The highest BCUT2D eigenvalue weighted by Crippen LogP contribution is 2.32. The third-order valence-electron chi connectivity index (χ3n) is 4.61. The Morgan fingerprint density at radius 1 is 1.10 bits per heavy atom.